The van der Waals surface area contributed by atoms with Crippen molar-refractivity contribution in [2.24, 2.45) is 10.9 Å². The minimum Gasteiger partial charge on any atom is -0.493 e. The summed E-state index contributed by atoms with van der Waals surface area (Å²) in [7, 11) is 5.12. The van der Waals surface area contributed by atoms with Gasteiger partial charge in [0.2, 0.25) is 0 Å². The Hall–Kier alpha value is -1.22. The maximum Gasteiger partial charge on any atom is 0.191 e. The highest BCUT2D eigenvalue weighted by atomic mass is 127. The van der Waals surface area contributed by atoms with Crippen molar-refractivity contribution in [1.82, 2.24) is 15.5 Å². The van der Waals surface area contributed by atoms with Crippen LogP contribution >= 0.6 is 24.0 Å². The van der Waals surface area contributed by atoms with Gasteiger partial charge in [0.25, 0.3) is 0 Å². The van der Waals surface area contributed by atoms with Crippen LogP contribution in [0.25, 0.3) is 0 Å². The maximum atomic E-state index is 5.49. The summed E-state index contributed by atoms with van der Waals surface area (Å²) in [6, 6.07) is 6.87. The number of para-hydroxylation sites is 1. The molecule has 2 unspecified atom stereocenters. The van der Waals surface area contributed by atoms with Gasteiger partial charge in [-0.2, -0.15) is 0 Å². The van der Waals surface area contributed by atoms with Crippen molar-refractivity contribution in [3.8, 4) is 11.5 Å². The van der Waals surface area contributed by atoms with Gasteiger partial charge in [-0.05, 0) is 25.8 Å². The van der Waals surface area contributed by atoms with E-state index in [1.165, 1.54) is 0 Å². The van der Waals surface area contributed by atoms with Crippen LogP contribution in [0, 0.1) is 5.92 Å². The van der Waals surface area contributed by atoms with Crippen LogP contribution in [0.4, 0.5) is 0 Å². The third-order valence-electron chi connectivity index (χ3n) is 4.85. The molecule has 0 saturated carbocycles. The normalized spacial score (nSPS) is 20.7. The Morgan fingerprint density at radius 3 is 2.54 bits per heavy atom. The molecule has 0 aromatic heterocycles. The Morgan fingerprint density at radius 1 is 1.27 bits per heavy atom. The van der Waals surface area contributed by atoms with Crippen LogP contribution in [0.1, 0.15) is 26.3 Å². The molecular weight excluding hydrogens is 443 g/mol. The number of rotatable bonds is 6. The van der Waals surface area contributed by atoms with Crippen LogP contribution in [0.15, 0.2) is 23.2 Å². The van der Waals surface area contributed by atoms with Crippen LogP contribution in [0.3, 0.4) is 0 Å². The Kier molecular flexibility index (Phi) is 9.49. The molecule has 6 nitrogen and oxygen atoms in total. The highest BCUT2D eigenvalue weighted by molar-refractivity contribution is 14.0. The zero-order chi connectivity index (χ0) is 18.4. The Balaban J connectivity index is 0.00000338. The zero-order valence-corrected chi connectivity index (χ0v) is 19.0. The standard InChI is InChI=1S/C19H32N4O2.HI/c1-13(2)23-11-14(3)16(12-23)22-19(20-4)21-10-15-8-7-9-17(24-5)18(15)25-6;/h7-9,13-14,16H,10-12H2,1-6H3,(H2,20,21,22);1H. The number of aliphatic imine (C=N–C) groups is 1. The van der Waals surface area contributed by atoms with E-state index in [9.17, 15) is 0 Å². The number of ether oxygens (including phenoxy) is 2. The molecule has 2 rings (SSSR count). The third kappa shape index (κ3) is 5.64. The summed E-state index contributed by atoms with van der Waals surface area (Å²) >= 11 is 0. The SMILES string of the molecule is CN=C(NCc1cccc(OC)c1OC)NC1CN(C(C)C)CC1C.I. The lowest BCUT2D eigenvalue weighted by atomic mass is 10.1. The minimum atomic E-state index is 0. The lowest BCUT2D eigenvalue weighted by molar-refractivity contribution is 0.265. The predicted octanol–water partition coefficient (Wildman–Crippen LogP) is 2.72. The largest absolute Gasteiger partial charge is 0.493 e. The molecule has 148 valence electrons. The molecule has 1 heterocycles. The van der Waals surface area contributed by atoms with E-state index in [4.69, 9.17) is 9.47 Å². The summed E-state index contributed by atoms with van der Waals surface area (Å²) in [5.74, 6) is 2.90. The first kappa shape index (κ1) is 22.8. The summed E-state index contributed by atoms with van der Waals surface area (Å²) in [5.41, 5.74) is 1.04. The van der Waals surface area contributed by atoms with Gasteiger partial charge in [0.1, 0.15) is 0 Å². The molecule has 0 spiro atoms. The van der Waals surface area contributed by atoms with Gasteiger partial charge in [-0.1, -0.05) is 19.1 Å². The van der Waals surface area contributed by atoms with Crippen molar-refractivity contribution >= 4 is 29.9 Å². The molecule has 1 aromatic carbocycles. The quantitative estimate of drug-likeness (QED) is 0.376. The van der Waals surface area contributed by atoms with Gasteiger partial charge < -0.3 is 20.1 Å². The van der Waals surface area contributed by atoms with Crippen molar-refractivity contribution in [2.45, 2.75) is 39.4 Å². The molecule has 0 aliphatic carbocycles. The van der Waals surface area contributed by atoms with E-state index in [0.29, 0.717) is 24.5 Å². The number of hydrogen-bond donors (Lipinski definition) is 2. The smallest absolute Gasteiger partial charge is 0.191 e. The number of likely N-dealkylation sites (tertiary alicyclic amines) is 1. The first-order valence-electron chi connectivity index (χ1n) is 8.91. The molecule has 1 saturated heterocycles. The van der Waals surface area contributed by atoms with Gasteiger partial charge in [-0.15, -0.1) is 24.0 Å². The Morgan fingerprint density at radius 2 is 2.00 bits per heavy atom. The minimum absolute atomic E-state index is 0. The lowest BCUT2D eigenvalue weighted by Gasteiger charge is -2.22. The van der Waals surface area contributed by atoms with E-state index in [0.717, 1.165) is 36.1 Å². The van der Waals surface area contributed by atoms with Crippen molar-refractivity contribution in [3.05, 3.63) is 23.8 Å². The van der Waals surface area contributed by atoms with Gasteiger partial charge in [-0.3, -0.25) is 9.89 Å². The highest BCUT2D eigenvalue weighted by Crippen LogP contribution is 2.30. The fraction of sp³-hybridized carbons (Fsp3) is 0.632. The molecule has 1 aromatic rings. The predicted molar refractivity (Wildman–Crippen MR) is 118 cm³/mol. The zero-order valence-electron chi connectivity index (χ0n) is 16.7. The molecule has 1 aliphatic heterocycles. The van der Waals surface area contributed by atoms with E-state index >= 15 is 0 Å². The molecule has 7 heteroatoms. The molecule has 26 heavy (non-hydrogen) atoms. The maximum absolute atomic E-state index is 5.49. The van der Waals surface area contributed by atoms with Gasteiger partial charge in [-0.25, -0.2) is 0 Å². The molecule has 0 amide bonds. The van der Waals surface area contributed by atoms with Crippen LogP contribution in [-0.2, 0) is 6.54 Å². The van der Waals surface area contributed by atoms with Crippen molar-refractivity contribution in [1.29, 1.82) is 0 Å². The highest BCUT2D eigenvalue weighted by Gasteiger charge is 2.31. The van der Waals surface area contributed by atoms with Crippen molar-refractivity contribution in [3.63, 3.8) is 0 Å². The molecule has 0 bridgehead atoms. The fourth-order valence-electron chi connectivity index (χ4n) is 3.26. The summed E-state index contributed by atoms with van der Waals surface area (Å²) in [6.45, 7) is 9.57. The second-order valence-electron chi connectivity index (χ2n) is 6.85. The second-order valence-corrected chi connectivity index (χ2v) is 6.85. The summed E-state index contributed by atoms with van der Waals surface area (Å²) in [5, 5.41) is 6.95. The van der Waals surface area contributed by atoms with E-state index in [1.54, 1.807) is 21.3 Å². The first-order valence-corrected chi connectivity index (χ1v) is 8.91. The van der Waals surface area contributed by atoms with Gasteiger partial charge in [0.15, 0.2) is 17.5 Å². The average Bonchev–Trinajstić information content (AvgIpc) is 2.98. The summed E-state index contributed by atoms with van der Waals surface area (Å²) in [4.78, 5) is 6.87. The molecular formula is C19H33IN4O2. The Bertz CT molecular complexity index is 595. The van der Waals surface area contributed by atoms with Crippen LogP contribution < -0.4 is 20.1 Å². The third-order valence-corrected chi connectivity index (χ3v) is 4.85. The van der Waals surface area contributed by atoms with Crippen molar-refractivity contribution in [2.75, 3.05) is 34.4 Å². The molecule has 2 atom stereocenters. The van der Waals surface area contributed by atoms with E-state index in [-0.39, 0.29) is 24.0 Å². The number of guanidine groups is 1. The van der Waals surface area contributed by atoms with Crippen LogP contribution in [0.2, 0.25) is 0 Å². The van der Waals surface area contributed by atoms with Crippen LogP contribution in [0.5, 0.6) is 11.5 Å². The summed E-state index contributed by atoms with van der Waals surface area (Å²) < 4.78 is 10.9. The van der Waals surface area contributed by atoms with Gasteiger partial charge in [0.05, 0.1) is 14.2 Å². The van der Waals surface area contributed by atoms with Crippen LogP contribution in [-0.4, -0.2) is 57.3 Å². The van der Waals surface area contributed by atoms with Crippen molar-refractivity contribution < 1.29 is 9.47 Å². The number of methoxy groups -OCH3 is 2. The van der Waals surface area contributed by atoms with Gasteiger partial charge in [0, 0.05) is 44.3 Å². The fourth-order valence-corrected chi connectivity index (χ4v) is 3.26. The van der Waals surface area contributed by atoms with Gasteiger partial charge >= 0.3 is 0 Å². The van der Waals surface area contributed by atoms with E-state index in [2.05, 4.69) is 41.3 Å². The lowest BCUT2D eigenvalue weighted by Crippen LogP contribution is -2.46. The number of nitrogens with one attached hydrogen (secondary N) is 2. The van der Waals surface area contributed by atoms with E-state index in [1.807, 2.05) is 18.2 Å². The second kappa shape index (κ2) is 10.8. The number of hydrogen-bond acceptors (Lipinski definition) is 4. The topological polar surface area (TPSA) is 58.1 Å². The Labute approximate surface area is 174 Å². The molecule has 1 aliphatic rings. The summed E-state index contributed by atoms with van der Waals surface area (Å²) in [6.07, 6.45) is 0. The molecule has 2 N–H and O–H groups in total. The first-order chi connectivity index (χ1) is 12.0. The average molecular weight is 476 g/mol. The number of nitrogens with zero attached hydrogens (tertiary/aromatic N) is 2. The number of benzene rings is 1. The molecule has 1 fully saturated rings. The molecule has 0 radical (unpaired) electrons. The number of halogens is 1. The van der Waals surface area contributed by atoms with E-state index < -0.39 is 0 Å². The monoisotopic (exact) mass is 476 g/mol.